The van der Waals surface area contributed by atoms with Crippen molar-refractivity contribution < 1.29 is 21.6 Å². The van der Waals surface area contributed by atoms with E-state index in [0.29, 0.717) is 18.2 Å². The maximum Gasteiger partial charge on any atom is 0.221 e. The second-order valence-corrected chi connectivity index (χ2v) is 11.4. The molecule has 146 valence electrons. The second-order valence-electron chi connectivity index (χ2n) is 7.11. The van der Waals surface area contributed by atoms with Gasteiger partial charge in [-0.05, 0) is 43.1 Å². The van der Waals surface area contributed by atoms with E-state index in [4.69, 9.17) is 0 Å². The fourth-order valence-corrected chi connectivity index (χ4v) is 7.69. The van der Waals surface area contributed by atoms with Crippen LogP contribution in [0.3, 0.4) is 0 Å². The van der Waals surface area contributed by atoms with Crippen molar-refractivity contribution in [2.75, 3.05) is 23.4 Å². The molecule has 2 N–H and O–H groups in total. The molecule has 1 aliphatic rings. The van der Waals surface area contributed by atoms with Crippen LogP contribution in [0, 0.1) is 5.92 Å². The van der Waals surface area contributed by atoms with Gasteiger partial charge in [0.25, 0.3) is 0 Å². The molecule has 2 rings (SSSR count). The Hall–Kier alpha value is -1.45. The molecule has 26 heavy (non-hydrogen) atoms. The number of nitrogens with one attached hydrogen (secondary N) is 2. The molecule has 0 bridgehead atoms. The molecule has 0 saturated carbocycles. The SMILES string of the molecule is CC(=O)Nc1ccc(S(=O)(=O)C2CS(=O)(=O)CC2NCCC(C)C)cc1. The zero-order valence-electron chi connectivity index (χ0n) is 15.2. The Morgan fingerprint density at radius 3 is 2.35 bits per heavy atom. The normalized spacial score (nSPS) is 22.5. The molecule has 1 fully saturated rings. The van der Waals surface area contributed by atoms with E-state index >= 15 is 0 Å². The van der Waals surface area contributed by atoms with E-state index in [1.807, 2.05) is 0 Å². The largest absolute Gasteiger partial charge is 0.326 e. The van der Waals surface area contributed by atoms with Gasteiger partial charge in [0, 0.05) is 18.7 Å². The number of carbonyl (C=O) groups is 1. The van der Waals surface area contributed by atoms with E-state index in [2.05, 4.69) is 24.5 Å². The van der Waals surface area contributed by atoms with Crippen LogP contribution in [0.1, 0.15) is 27.2 Å². The predicted octanol–water partition coefficient (Wildman–Crippen LogP) is 1.22. The highest BCUT2D eigenvalue weighted by molar-refractivity contribution is 7.96. The molecule has 1 heterocycles. The molecule has 2 atom stereocenters. The quantitative estimate of drug-likeness (QED) is 0.710. The van der Waals surface area contributed by atoms with Gasteiger partial charge in [-0.2, -0.15) is 0 Å². The lowest BCUT2D eigenvalue weighted by Crippen LogP contribution is -2.43. The molecule has 2 unspecified atom stereocenters. The minimum Gasteiger partial charge on any atom is -0.326 e. The van der Waals surface area contributed by atoms with Gasteiger partial charge in [0.2, 0.25) is 5.91 Å². The smallest absolute Gasteiger partial charge is 0.221 e. The minimum absolute atomic E-state index is 0.0596. The molecule has 1 aliphatic heterocycles. The first kappa shape index (κ1) is 20.9. The third-order valence-corrected chi connectivity index (χ3v) is 8.50. The van der Waals surface area contributed by atoms with E-state index in [-0.39, 0.29) is 22.3 Å². The molecule has 7 nitrogen and oxygen atoms in total. The molecular formula is C17H26N2O5S2. The van der Waals surface area contributed by atoms with Gasteiger partial charge >= 0.3 is 0 Å². The number of rotatable bonds is 7. The van der Waals surface area contributed by atoms with E-state index < -0.39 is 31.0 Å². The molecule has 1 amide bonds. The maximum absolute atomic E-state index is 13.0. The summed E-state index contributed by atoms with van der Waals surface area (Å²) in [5.41, 5.74) is 0.488. The van der Waals surface area contributed by atoms with Crippen LogP contribution in [0.2, 0.25) is 0 Å². The van der Waals surface area contributed by atoms with E-state index in [1.54, 1.807) is 0 Å². The number of carbonyl (C=O) groups excluding carboxylic acids is 1. The molecule has 0 aromatic heterocycles. The van der Waals surface area contributed by atoms with Gasteiger partial charge in [0.15, 0.2) is 19.7 Å². The van der Waals surface area contributed by atoms with Crippen LogP contribution in [-0.2, 0) is 24.5 Å². The average molecular weight is 403 g/mol. The van der Waals surface area contributed by atoms with Crippen molar-refractivity contribution in [1.29, 1.82) is 0 Å². The average Bonchev–Trinajstić information content (AvgIpc) is 2.82. The number of amides is 1. The summed E-state index contributed by atoms with van der Waals surface area (Å²) in [5, 5.41) is 4.68. The highest BCUT2D eigenvalue weighted by Gasteiger charge is 2.45. The topological polar surface area (TPSA) is 109 Å². The Kier molecular flexibility index (Phi) is 6.46. The third-order valence-electron chi connectivity index (χ3n) is 4.33. The van der Waals surface area contributed by atoms with Crippen LogP contribution in [-0.4, -0.2) is 52.1 Å². The highest BCUT2D eigenvalue weighted by atomic mass is 32.2. The molecule has 1 aromatic carbocycles. The van der Waals surface area contributed by atoms with Crippen LogP contribution >= 0.6 is 0 Å². The molecule has 1 saturated heterocycles. The van der Waals surface area contributed by atoms with Crippen LogP contribution in [0.4, 0.5) is 5.69 Å². The summed E-state index contributed by atoms with van der Waals surface area (Å²) < 4.78 is 50.0. The van der Waals surface area contributed by atoms with Crippen molar-refractivity contribution >= 4 is 31.3 Å². The van der Waals surface area contributed by atoms with E-state index in [9.17, 15) is 21.6 Å². The molecule has 1 aromatic rings. The number of sulfone groups is 2. The standard InChI is InChI=1S/C17H26N2O5S2/c1-12(2)8-9-18-16-10-25(21,22)11-17(16)26(23,24)15-6-4-14(5-7-15)19-13(3)20/h4-7,12,16-18H,8-11H2,1-3H3,(H,19,20). The lowest BCUT2D eigenvalue weighted by molar-refractivity contribution is -0.114. The molecule has 0 radical (unpaired) electrons. The van der Waals surface area contributed by atoms with Gasteiger partial charge in [-0.25, -0.2) is 16.8 Å². The summed E-state index contributed by atoms with van der Waals surface area (Å²) in [7, 11) is -7.22. The van der Waals surface area contributed by atoms with Crippen molar-refractivity contribution in [3.8, 4) is 0 Å². The Labute approximate surface area is 155 Å². The van der Waals surface area contributed by atoms with Gasteiger partial charge in [0.05, 0.1) is 21.7 Å². The first-order chi connectivity index (χ1) is 12.0. The second kappa shape index (κ2) is 8.06. The predicted molar refractivity (Wildman–Crippen MR) is 102 cm³/mol. The van der Waals surface area contributed by atoms with Crippen molar-refractivity contribution in [3.05, 3.63) is 24.3 Å². The number of hydrogen-bond acceptors (Lipinski definition) is 6. The first-order valence-corrected chi connectivity index (χ1v) is 11.9. The Morgan fingerprint density at radius 2 is 1.81 bits per heavy atom. The summed E-state index contributed by atoms with van der Waals surface area (Å²) in [6, 6.07) is 5.18. The minimum atomic E-state index is -3.81. The number of benzene rings is 1. The highest BCUT2D eigenvalue weighted by Crippen LogP contribution is 2.27. The van der Waals surface area contributed by atoms with E-state index in [1.165, 1.54) is 31.2 Å². The summed E-state index contributed by atoms with van der Waals surface area (Å²) >= 11 is 0. The van der Waals surface area contributed by atoms with Crippen molar-refractivity contribution in [3.63, 3.8) is 0 Å². The third kappa shape index (κ3) is 5.28. The van der Waals surface area contributed by atoms with Crippen LogP contribution in [0.5, 0.6) is 0 Å². The van der Waals surface area contributed by atoms with Gasteiger partial charge in [-0.3, -0.25) is 4.79 Å². The van der Waals surface area contributed by atoms with Crippen molar-refractivity contribution in [2.24, 2.45) is 5.92 Å². The van der Waals surface area contributed by atoms with Crippen LogP contribution in [0.15, 0.2) is 29.2 Å². The van der Waals surface area contributed by atoms with Gasteiger partial charge in [0.1, 0.15) is 0 Å². The van der Waals surface area contributed by atoms with Gasteiger partial charge < -0.3 is 10.6 Å². The first-order valence-electron chi connectivity index (χ1n) is 8.56. The lowest BCUT2D eigenvalue weighted by Gasteiger charge is -2.20. The number of hydrogen-bond donors (Lipinski definition) is 2. The molecule has 0 spiro atoms. The summed E-state index contributed by atoms with van der Waals surface area (Å²) in [5.74, 6) is -0.352. The summed E-state index contributed by atoms with van der Waals surface area (Å²) in [6.07, 6.45) is 0.842. The van der Waals surface area contributed by atoms with Crippen LogP contribution < -0.4 is 10.6 Å². The lowest BCUT2D eigenvalue weighted by atomic mass is 10.1. The molecule has 0 aliphatic carbocycles. The van der Waals surface area contributed by atoms with E-state index in [0.717, 1.165) is 6.42 Å². The van der Waals surface area contributed by atoms with Crippen molar-refractivity contribution in [1.82, 2.24) is 5.32 Å². The maximum atomic E-state index is 13.0. The van der Waals surface area contributed by atoms with Crippen LogP contribution in [0.25, 0.3) is 0 Å². The fourth-order valence-electron chi connectivity index (χ4n) is 2.97. The fraction of sp³-hybridized carbons (Fsp3) is 0.588. The molecular weight excluding hydrogens is 376 g/mol. The summed E-state index contributed by atoms with van der Waals surface area (Å²) in [6.45, 7) is 6.04. The number of anilines is 1. The van der Waals surface area contributed by atoms with Gasteiger partial charge in [-0.15, -0.1) is 0 Å². The zero-order valence-corrected chi connectivity index (χ0v) is 16.9. The Balaban J connectivity index is 2.22. The van der Waals surface area contributed by atoms with Crippen molar-refractivity contribution in [2.45, 2.75) is 43.4 Å². The zero-order chi connectivity index (χ0) is 19.5. The molecule has 9 heteroatoms. The van der Waals surface area contributed by atoms with Gasteiger partial charge in [-0.1, -0.05) is 13.8 Å². The summed E-state index contributed by atoms with van der Waals surface area (Å²) in [4.78, 5) is 11.1. The Morgan fingerprint density at radius 1 is 1.19 bits per heavy atom. The Bertz CT molecular complexity index is 846. The monoisotopic (exact) mass is 402 g/mol.